The summed E-state index contributed by atoms with van der Waals surface area (Å²) in [5.74, 6) is 0.589. The summed E-state index contributed by atoms with van der Waals surface area (Å²) >= 11 is 0. The van der Waals surface area contributed by atoms with Crippen LogP contribution in [0.2, 0.25) is 0 Å². The quantitative estimate of drug-likeness (QED) is 0.883. The summed E-state index contributed by atoms with van der Waals surface area (Å²) in [4.78, 5) is 2.09. The molecule has 2 rings (SSSR count). The van der Waals surface area contributed by atoms with Crippen LogP contribution in [-0.2, 0) is 6.42 Å². The monoisotopic (exact) mass is 264 g/mol. The van der Waals surface area contributed by atoms with E-state index in [1.165, 1.54) is 25.7 Å². The molecule has 0 aromatic heterocycles. The summed E-state index contributed by atoms with van der Waals surface area (Å²) in [7, 11) is 2.00. The van der Waals surface area contributed by atoms with Gasteiger partial charge in [0.05, 0.1) is 5.69 Å². The molecule has 0 radical (unpaired) electrons. The highest BCUT2D eigenvalue weighted by Gasteiger charge is 2.20. The first-order valence-electron chi connectivity index (χ1n) is 7.32. The minimum atomic E-state index is -0.126. The smallest absolute Gasteiger partial charge is 0.146 e. The largest absolute Gasteiger partial charge is 0.372 e. The molecule has 2 N–H and O–H groups in total. The van der Waals surface area contributed by atoms with E-state index in [2.05, 4.69) is 4.90 Å². The van der Waals surface area contributed by atoms with Gasteiger partial charge in [0.15, 0.2) is 0 Å². The molecule has 1 aromatic carbocycles. The van der Waals surface area contributed by atoms with Crippen LogP contribution >= 0.6 is 0 Å². The molecule has 0 heterocycles. The Balaban J connectivity index is 2.16. The van der Waals surface area contributed by atoms with Gasteiger partial charge >= 0.3 is 0 Å². The van der Waals surface area contributed by atoms with Crippen molar-refractivity contribution in [2.24, 2.45) is 11.7 Å². The first kappa shape index (κ1) is 14.3. The normalized spacial score (nSPS) is 17.7. The average Bonchev–Trinajstić information content (AvgIpc) is 2.80. The van der Waals surface area contributed by atoms with Crippen molar-refractivity contribution in [1.82, 2.24) is 0 Å². The van der Waals surface area contributed by atoms with E-state index in [9.17, 15) is 4.39 Å². The van der Waals surface area contributed by atoms with E-state index in [1.807, 2.05) is 20.0 Å². The molecule has 106 valence electrons. The van der Waals surface area contributed by atoms with Gasteiger partial charge in [-0.3, -0.25) is 0 Å². The van der Waals surface area contributed by atoms with Crippen LogP contribution in [0.4, 0.5) is 10.1 Å². The van der Waals surface area contributed by atoms with Gasteiger partial charge in [0.1, 0.15) is 5.82 Å². The van der Waals surface area contributed by atoms with Crippen molar-refractivity contribution >= 4 is 5.69 Å². The Bertz CT molecular complexity index is 411. The lowest BCUT2D eigenvalue weighted by Gasteiger charge is -2.26. The number of hydrogen-bond donors (Lipinski definition) is 1. The molecule has 1 aliphatic carbocycles. The number of halogens is 1. The zero-order chi connectivity index (χ0) is 13.8. The standard InChI is InChI=1S/C16H25FN2/c1-12(18)10-14-8-5-9-15(17)16(14)19(2)11-13-6-3-4-7-13/h5,8-9,12-13H,3-4,6-7,10-11,18H2,1-2H3. The molecule has 2 nitrogen and oxygen atoms in total. The number of benzene rings is 1. The van der Waals surface area contributed by atoms with Crippen molar-refractivity contribution in [3.8, 4) is 0 Å². The predicted octanol–water partition coefficient (Wildman–Crippen LogP) is 3.34. The number of para-hydroxylation sites is 1. The molecule has 1 aliphatic rings. The molecule has 0 amide bonds. The van der Waals surface area contributed by atoms with Crippen molar-refractivity contribution < 1.29 is 4.39 Å². The molecule has 0 spiro atoms. The van der Waals surface area contributed by atoms with Crippen LogP contribution in [0.3, 0.4) is 0 Å². The Labute approximate surface area is 115 Å². The molecule has 1 fully saturated rings. The molecule has 3 heteroatoms. The second kappa shape index (κ2) is 6.38. The van der Waals surface area contributed by atoms with Gasteiger partial charge in [0, 0.05) is 19.6 Å². The number of rotatable bonds is 5. The average molecular weight is 264 g/mol. The highest BCUT2D eigenvalue weighted by Crippen LogP contribution is 2.30. The van der Waals surface area contributed by atoms with Crippen molar-refractivity contribution in [2.45, 2.75) is 45.1 Å². The maximum atomic E-state index is 14.1. The van der Waals surface area contributed by atoms with Gasteiger partial charge in [0.2, 0.25) is 0 Å². The van der Waals surface area contributed by atoms with Gasteiger partial charge < -0.3 is 10.6 Å². The summed E-state index contributed by atoms with van der Waals surface area (Å²) in [6, 6.07) is 5.37. The van der Waals surface area contributed by atoms with E-state index in [4.69, 9.17) is 5.73 Å². The van der Waals surface area contributed by atoms with Crippen molar-refractivity contribution in [1.29, 1.82) is 0 Å². The Hall–Kier alpha value is -1.09. The molecular formula is C16H25FN2. The third-order valence-electron chi connectivity index (χ3n) is 4.00. The van der Waals surface area contributed by atoms with E-state index in [0.717, 1.165) is 24.2 Å². The molecule has 19 heavy (non-hydrogen) atoms. The van der Waals surface area contributed by atoms with Gasteiger partial charge in [0.25, 0.3) is 0 Å². The first-order chi connectivity index (χ1) is 9.08. The van der Waals surface area contributed by atoms with Gasteiger partial charge in [-0.15, -0.1) is 0 Å². The predicted molar refractivity (Wildman–Crippen MR) is 79.0 cm³/mol. The van der Waals surface area contributed by atoms with Crippen LogP contribution in [-0.4, -0.2) is 19.6 Å². The summed E-state index contributed by atoms with van der Waals surface area (Å²) in [6.07, 6.45) is 5.93. The van der Waals surface area contributed by atoms with E-state index in [-0.39, 0.29) is 11.9 Å². The molecule has 1 saturated carbocycles. The maximum absolute atomic E-state index is 14.1. The van der Waals surface area contributed by atoms with Crippen LogP contribution < -0.4 is 10.6 Å². The minimum Gasteiger partial charge on any atom is -0.372 e. The molecule has 1 aromatic rings. The van der Waals surface area contributed by atoms with Crippen LogP contribution in [0, 0.1) is 11.7 Å². The van der Waals surface area contributed by atoms with E-state index < -0.39 is 0 Å². The number of hydrogen-bond acceptors (Lipinski definition) is 2. The van der Waals surface area contributed by atoms with Crippen molar-refractivity contribution in [2.75, 3.05) is 18.5 Å². The number of nitrogens with two attached hydrogens (primary N) is 1. The number of nitrogens with zero attached hydrogens (tertiary/aromatic N) is 1. The van der Waals surface area contributed by atoms with Crippen LogP contribution in [0.15, 0.2) is 18.2 Å². The molecular weight excluding hydrogens is 239 g/mol. The Morgan fingerprint density at radius 2 is 2.05 bits per heavy atom. The second-order valence-corrected chi connectivity index (χ2v) is 5.96. The summed E-state index contributed by atoms with van der Waals surface area (Å²) in [5.41, 5.74) is 7.63. The molecule has 0 bridgehead atoms. The number of anilines is 1. The first-order valence-corrected chi connectivity index (χ1v) is 7.32. The molecule has 1 atom stereocenters. The molecule has 0 aliphatic heterocycles. The van der Waals surface area contributed by atoms with E-state index >= 15 is 0 Å². The maximum Gasteiger partial charge on any atom is 0.146 e. The zero-order valence-corrected chi connectivity index (χ0v) is 12.0. The van der Waals surface area contributed by atoms with E-state index in [0.29, 0.717) is 5.92 Å². The van der Waals surface area contributed by atoms with Gasteiger partial charge in [-0.05, 0) is 43.7 Å². The van der Waals surface area contributed by atoms with Gasteiger partial charge in [-0.1, -0.05) is 25.0 Å². The van der Waals surface area contributed by atoms with Gasteiger partial charge in [-0.2, -0.15) is 0 Å². The van der Waals surface area contributed by atoms with E-state index in [1.54, 1.807) is 12.1 Å². The molecule has 0 saturated heterocycles. The topological polar surface area (TPSA) is 29.3 Å². The molecule has 1 unspecified atom stereocenters. The summed E-state index contributed by atoms with van der Waals surface area (Å²) < 4.78 is 14.1. The lowest BCUT2D eigenvalue weighted by atomic mass is 10.0. The SMILES string of the molecule is CC(N)Cc1cccc(F)c1N(C)CC1CCCC1. The van der Waals surface area contributed by atoms with Crippen molar-refractivity contribution in [3.05, 3.63) is 29.6 Å². The van der Waals surface area contributed by atoms with Gasteiger partial charge in [-0.25, -0.2) is 4.39 Å². The van der Waals surface area contributed by atoms with Crippen LogP contribution in [0.1, 0.15) is 38.2 Å². The Morgan fingerprint density at radius 3 is 2.68 bits per heavy atom. The highest BCUT2D eigenvalue weighted by molar-refractivity contribution is 5.54. The van der Waals surface area contributed by atoms with Crippen LogP contribution in [0.25, 0.3) is 0 Å². The zero-order valence-electron chi connectivity index (χ0n) is 12.0. The Morgan fingerprint density at radius 1 is 1.37 bits per heavy atom. The fraction of sp³-hybridized carbons (Fsp3) is 0.625. The van der Waals surface area contributed by atoms with Crippen LogP contribution in [0.5, 0.6) is 0 Å². The summed E-state index contributed by atoms with van der Waals surface area (Å²) in [5, 5.41) is 0. The lowest BCUT2D eigenvalue weighted by molar-refractivity contribution is 0.537. The third kappa shape index (κ3) is 3.69. The third-order valence-corrected chi connectivity index (χ3v) is 4.00. The summed E-state index contributed by atoms with van der Waals surface area (Å²) in [6.45, 7) is 2.92. The highest BCUT2D eigenvalue weighted by atomic mass is 19.1. The fourth-order valence-corrected chi connectivity index (χ4v) is 3.17. The second-order valence-electron chi connectivity index (χ2n) is 5.96. The minimum absolute atomic E-state index is 0.0560. The fourth-order valence-electron chi connectivity index (χ4n) is 3.17. The Kier molecular flexibility index (Phi) is 4.81. The lowest BCUT2D eigenvalue weighted by Crippen LogP contribution is -2.27. The van der Waals surface area contributed by atoms with Crippen molar-refractivity contribution in [3.63, 3.8) is 0 Å².